The van der Waals surface area contributed by atoms with Crippen molar-refractivity contribution in [3.8, 4) is 0 Å². The molecule has 3 nitrogen and oxygen atoms in total. The van der Waals surface area contributed by atoms with Crippen LogP contribution in [0.15, 0.2) is 12.2 Å². The average molecular weight is 326 g/mol. The van der Waals surface area contributed by atoms with Crippen LogP contribution in [0, 0.1) is 0 Å². The normalized spacial score (nSPS) is 12.2. The lowest BCUT2D eigenvalue weighted by atomic mass is 9.99. The Balaban J connectivity index is 4.15. The molecule has 0 spiro atoms. The van der Waals surface area contributed by atoms with Crippen molar-refractivity contribution < 1.29 is 10.0 Å². The predicted octanol–water partition coefficient (Wildman–Crippen LogP) is 6.26. The molecule has 1 atom stereocenters. The van der Waals surface area contributed by atoms with Gasteiger partial charge < -0.3 is 0 Å². The van der Waals surface area contributed by atoms with Gasteiger partial charge in [0.1, 0.15) is 0 Å². The Morgan fingerprint density at radius 1 is 0.870 bits per heavy atom. The second kappa shape index (κ2) is 14.7. The van der Waals surface area contributed by atoms with Crippen molar-refractivity contribution in [3.05, 3.63) is 12.2 Å². The largest absolute Gasteiger partial charge is 0.285 e. The SMILES string of the molecule is C=C(C)C(=O)N(O)C(CCCCCC)CCCCCCCCC. The summed E-state index contributed by atoms with van der Waals surface area (Å²) in [6.07, 6.45) is 15.3. The summed E-state index contributed by atoms with van der Waals surface area (Å²) in [6, 6.07) is -0.0494. The van der Waals surface area contributed by atoms with Gasteiger partial charge in [-0.1, -0.05) is 91.1 Å². The first-order chi connectivity index (χ1) is 11.0. The van der Waals surface area contributed by atoms with E-state index in [0.717, 1.165) is 30.7 Å². The summed E-state index contributed by atoms with van der Waals surface area (Å²) in [5.74, 6) is -0.326. The lowest BCUT2D eigenvalue weighted by Crippen LogP contribution is -2.38. The van der Waals surface area contributed by atoms with Crippen LogP contribution in [0.3, 0.4) is 0 Å². The number of carbonyl (C=O) groups is 1. The summed E-state index contributed by atoms with van der Waals surface area (Å²) in [5, 5.41) is 11.1. The van der Waals surface area contributed by atoms with E-state index in [1.165, 1.54) is 57.8 Å². The van der Waals surface area contributed by atoms with Crippen LogP contribution in [0.25, 0.3) is 0 Å². The van der Waals surface area contributed by atoms with E-state index in [-0.39, 0.29) is 11.9 Å². The minimum Gasteiger partial charge on any atom is -0.285 e. The maximum Gasteiger partial charge on any atom is 0.272 e. The molecule has 0 aliphatic rings. The van der Waals surface area contributed by atoms with Gasteiger partial charge in [0.25, 0.3) is 5.91 Å². The number of unbranched alkanes of at least 4 members (excludes halogenated alkanes) is 9. The van der Waals surface area contributed by atoms with Gasteiger partial charge in [0.15, 0.2) is 0 Å². The summed E-state index contributed by atoms with van der Waals surface area (Å²) >= 11 is 0. The van der Waals surface area contributed by atoms with Crippen LogP contribution in [0.1, 0.15) is 104 Å². The minimum atomic E-state index is -0.326. The van der Waals surface area contributed by atoms with Crippen LogP contribution in [-0.2, 0) is 4.79 Å². The van der Waals surface area contributed by atoms with Crippen molar-refractivity contribution in [3.63, 3.8) is 0 Å². The van der Waals surface area contributed by atoms with Gasteiger partial charge in [-0.15, -0.1) is 0 Å². The molecule has 0 rings (SSSR count). The zero-order valence-electron chi connectivity index (χ0n) is 15.8. The quantitative estimate of drug-likeness (QED) is 0.167. The highest BCUT2D eigenvalue weighted by Crippen LogP contribution is 2.18. The molecule has 0 heterocycles. The molecule has 0 bridgehead atoms. The Morgan fingerprint density at radius 2 is 1.26 bits per heavy atom. The molecule has 0 aromatic carbocycles. The Hall–Kier alpha value is -0.830. The fraction of sp³-hybridized carbons (Fsp3) is 0.850. The molecule has 0 aromatic rings. The lowest BCUT2D eigenvalue weighted by Gasteiger charge is -2.26. The number of hydroxylamine groups is 2. The summed E-state index contributed by atoms with van der Waals surface area (Å²) in [6.45, 7) is 9.74. The Labute approximate surface area is 144 Å². The van der Waals surface area contributed by atoms with Crippen molar-refractivity contribution in [2.75, 3.05) is 0 Å². The third-order valence-electron chi connectivity index (χ3n) is 4.45. The minimum absolute atomic E-state index is 0.0494. The third-order valence-corrected chi connectivity index (χ3v) is 4.45. The molecular weight excluding hydrogens is 286 g/mol. The Morgan fingerprint density at radius 3 is 1.70 bits per heavy atom. The maximum absolute atomic E-state index is 12.0. The smallest absolute Gasteiger partial charge is 0.272 e. The van der Waals surface area contributed by atoms with Crippen molar-refractivity contribution in [1.29, 1.82) is 0 Å². The summed E-state index contributed by atoms with van der Waals surface area (Å²) in [7, 11) is 0. The number of amides is 1. The van der Waals surface area contributed by atoms with Crippen molar-refractivity contribution >= 4 is 5.91 Å². The highest BCUT2D eigenvalue weighted by molar-refractivity contribution is 5.91. The Kier molecular flexibility index (Phi) is 14.2. The molecule has 136 valence electrons. The molecule has 23 heavy (non-hydrogen) atoms. The van der Waals surface area contributed by atoms with Gasteiger partial charge in [0.05, 0.1) is 6.04 Å². The first-order valence-corrected chi connectivity index (χ1v) is 9.72. The monoisotopic (exact) mass is 325 g/mol. The first-order valence-electron chi connectivity index (χ1n) is 9.72. The zero-order valence-corrected chi connectivity index (χ0v) is 15.8. The van der Waals surface area contributed by atoms with E-state index in [9.17, 15) is 10.0 Å². The van der Waals surface area contributed by atoms with Gasteiger partial charge in [0.2, 0.25) is 0 Å². The fourth-order valence-electron chi connectivity index (χ4n) is 2.89. The highest BCUT2D eigenvalue weighted by atomic mass is 16.5. The van der Waals surface area contributed by atoms with E-state index in [4.69, 9.17) is 0 Å². The van der Waals surface area contributed by atoms with Crippen LogP contribution in [-0.4, -0.2) is 22.2 Å². The van der Waals surface area contributed by atoms with Gasteiger partial charge in [-0.05, 0) is 19.8 Å². The van der Waals surface area contributed by atoms with Gasteiger partial charge in [0, 0.05) is 5.57 Å². The van der Waals surface area contributed by atoms with Crippen LogP contribution in [0.2, 0.25) is 0 Å². The number of hydrogen-bond acceptors (Lipinski definition) is 2. The number of carbonyl (C=O) groups excluding carboxylic acids is 1. The van der Waals surface area contributed by atoms with Gasteiger partial charge in [-0.25, -0.2) is 5.06 Å². The number of nitrogens with zero attached hydrogens (tertiary/aromatic N) is 1. The van der Waals surface area contributed by atoms with Gasteiger partial charge >= 0.3 is 0 Å². The zero-order chi connectivity index (χ0) is 17.5. The second-order valence-corrected chi connectivity index (χ2v) is 6.84. The molecule has 0 aliphatic heterocycles. The van der Waals surface area contributed by atoms with Crippen LogP contribution in [0.4, 0.5) is 0 Å². The van der Waals surface area contributed by atoms with E-state index in [1.807, 2.05) is 0 Å². The van der Waals surface area contributed by atoms with E-state index in [1.54, 1.807) is 6.92 Å². The highest BCUT2D eigenvalue weighted by Gasteiger charge is 2.21. The molecular formula is C20H39NO2. The summed E-state index contributed by atoms with van der Waals surface area (Å²) < 4.78 is 0. The molecule has 0 saturated carbocycles. The van der Waals surface area contributed by atoms with Crippen molar-refractivity contribution in [2.45, 2.75) is 110 Å². The van der Waals surface area contributed by atoms with E-state index in [0.29, 0.717) is 5.57 Å². The predicted molar refractivity (Wildman–Crippen MR) is 98.6 cm³/mol. The molecule has 0 fully saturated rings. The molecule has 1 amide bonds. The van der Waals surface area contributed by atoms with E-state index < -0.39 is 0 Å². The van der Waals surface area contributed by atoms with E-state index >= 15 is 0 Å². The van der Waals surface area contributed by atoms with Gasteiger partial charge in [-0.3, -0.25) is 10.0 Å². The molecule has 3 heteroatoms. The third kappa shape index (κ3) is 11.4. The molecule has 0 saturated heterocycles. The lowest BCUT2D eigenvalue weighted by molar-refractivity contribution is -0.172. The standard InChI is InChI=1S/C20H39NO2/c1-5-7-9-11-12-13-15-17-19(16-14-10-8-6-2)21(23)20(22)18(3)4/h19,23H,3,5-17H2,1-2,4H3. The molecule has 0 aliphatic carbocycles. The van der Waals surface area contributed by atoms with E-state index in [2.05, 4.69) is 20.4 Å². The first kappa shape index (κ1) is 22.2. The molecule has 1 N–H and O–H groups in total. The topological polar surface area (TPSA) is 40.5 Å². The average Bonchev–Trinajstić information content (AvgIpc) is 2.54. The van der Waals surface area contributed by atoms with Crippen molar-refractivity contribution in [1.82, 2.24) is 5.06 Å². The van der Waals surface area contributed by atoms with Crippen LogP contribution < -0.4 is 0 Å². The van der Waals surface area contributed by atoms with Crippen LogP contribution >= 0.6 is 0 Å². The van der Waals surface area contributed by atoms with Crippen molar-refractivity contribution in [2.24, 2.45) is 0 Å². The molecule has 0 aromatic heterocycles. The summed E-state index contributed by atoms with van der Waals surface area (Å²) in [5.41, 5.74) is 0.408. The molecule has 1 unspecified atom stereocenters. The maximum atomic E-state index is 12.0. The van der Waals surface area contributed by atoms with Gasteiger partial charge in [-0.2, -0.15) is 0 Å². The molecule has 0 radical (unpaired) electrons. The fourth-order valence-corrected chi connectivity index (χ4v) is 2.89. The van der Waals surface area contributed by atoms with Crippen LogP contribution in [0.5, 0.6) is 0 Å². The number of rotatable bonds is 15. The second-order valence-electron chi connectivity index (χ2n) is 6.84. The number of hydrogen-bond donors (Lipinski definition) is 1. The Bertz CT molecular complexity index is 315. The summed E-state index contributed by atoms with van der Waals surface area (Å²) in [4.78, 5) is 12.0.